The molecule has 0 amide bonds. The van der Waals surface area contributed by atoms with E-state index in [1.807, 2.05) is 36.4 Å². The Bertz CT molecular complexity index is 774. The molecule has 0 aliphatic heterocycles. The molecule has 0 N–H and O–H groups in total. The van der Waals surface area contributed by atoms with Crippen molar-refractivity contribution < 1.29 is 4.74 Å². The zero-order valence-electron chi connectivity index (χ0n) is 13.3. The second-order valence-electron chi connectivity index (χ2n) is 5.51. The zero-order chi connectivity index (χ0) is 15.9. The van der Waals surface area contributed by atoms with Crippen LogP contribution in [0.1, 0.15) is 22.3 Å². The first-order chi connectivity index (χ1) is 11.3. The summed E-state index contributed by atoms with van der Waals surface area (Å²) >= 11 is 0. The van der Waals surface area contributed by atoms with Crippen LogP contribution in [-0.2, 0) is 6.61 Å². The number of aryl methyl sites for hydroxylation is 1. The van der Waals surface area contributed by atoms with Crippen molar-refractivity contribution in [2.45, 2.75) is 13.5 Å². The van der Waals surface area contributed by atoms with Gasteiger partial charge in [-0.2, -0.15) is 0 Å². The standard InChI is InChI=1S/C22H20O/c1-18-9-8-14-21(16-15-19-10-4-2-5-11-19)22(18)23-17-20-12-6-3-7-13-20/h2-16H,17H2,1H3. The smallest absolute Gasteiger partial charge is 0.129 e. The summed E-state index contributed by atoms with van der Waals surface area (Å²) in [5.74, 6) is 0.948. The lowest BCUT2D eigenvalue weighted by molar-refractivity contribution is 0.303. The highest BCUT2D eigenvalue weighted by atomic mass is 16.5. The predicted octanol–water partition coefficient (Wildman–Crippen LogP) is 5.74. The second kappa shape index (κ2) is 7.46. The highest BCUT2D eigenvalue weighted by Gasteiger charge is 2.05. The molecule has 114 valence electrons. The molecule has 0 aliphatic carbocycles. The van der Waals surface area contributed by atoms with Crippen LogP contribution in [0.5, 0.6) is 5.75 Å². The molecule has 1 heteroatoms. The molecule has 1 nitrogen and oxygen atoms in total. The van der Waals surface area contributed by atoms with Crippen molar-refractivity contribution in [2.75, 3.05) is 0 Å². The minimum atomic E-state index is 0.581. The lowest BCUT2D eigenvalue weighted by Crippen LogP contribution is -1.98. The maximum Gasteiger partial charge on any atom is 0.129 e. The number of ether oxygens (including phenoxy) is 1. The quantitative estimate of drug-likeness (QED) is 0.546. The second-order valence-corrected chi connectivity index (χ2v) is 5.51. The summed E-state index contributed by atoms with van der Waals surface area (Å²) in [6, 6.07) is 26.8. The van der Waals surface area contributed by atoms with Crippen LogP contribution >= 0.6 is 0 Å². The molecule has 3 rings (SSSR count). The topological polar surface area (TPSA) is 9.23 Å². The molecule has 0 aliphatic rings. The van der Waals surface area contributed by atoms with Crippen molar-refractivity contribution >= 4 is 12.2 Å². The lowest BCUT2D eigenvalue weighted by Gasteiger charge is -2.12. The molecule has 0 radical (unpaired) electrons. The highest BCUT2D eigenvalue weighted by Crippen LogP contribution is 2.26. The van der Waals surface area contributed by atoms with E-state index in [2.05, 4.69) is 61.5 Å². The van der Waals surface area contributed by atoms with E-state index in [-0.39, 0.29) is 0 Å². The van der Waals surface area contributed by atoms with Crippen molar-refractivity contribution in [1.29, 1.82) is 0 Å². The van der Waals surface area contributed by atoms with E-state index in [0.717, 1.165) is 16.9 Å². The van der Waals surface area contributed by atoms with Crippen LogP contribution in [0.25, 0.3) is 12.2 Å². The number of hydrogen-bond acceptors (Lipinski definition) is 1. The fourth-order valence-electron chi connectivity index (χ4n) is 2.48. The van der Waals surface area contributed by atoms with Gasteiger partial charge in [0, 0.05) is 5.56 Å². The third-order valence-electron chi connectivity index (χ3n) is 3.72. The third kappa shape index (κ3) is 4.10. The van der Waals surface area contributed by atoms with E-state index in [1.54, 1.807) is 0 Å². The van der Waals surface area contributed by atoms with E-state index in [4.69, 9.17) is 4.74 Å². The number of para-hydroxylation sites is 1. The van der Waals surface area contributed by atoms with Crippen LogP contribution < -0.4 is 4.74 Å². The highest BCUT2D eigenvalue weighted by molar-refractivity contribution is 5.73. The minimum Gasteiger partial charge on any atom is -0.488 e. The van der Waals surface area contributed by atoms with Gasteiger partial charge in [0.15, 0.2) is 0 Å². The van der Waals surface area contributed by atoms with Crippen LogP contribution in [0.15, 0.2) is 78.9 Å². The van der Waals surface area contributed by atoms with E-state index in [1.165, 1.54) is 11.1 Å². The van der Waals surface area contributed by atoms with Gasteiger partial charge < -0.3 is 4.74 Å². The van der Waals surface area contributed by atoms with Crippen LogP contribution in [-0.4, -0.2) is 0 Å². The molecule has 0 spiro atoms. The van der Waals surface area contributed by atoms with Gasteiger partial charge in [-0.3, -0.25) is 0 Å². The first-order valence-electron chi connectivity index (χ1n) is 7.82. The van der Waals surface area contributed by atoms with Gasteiger partial charge in [-0.05, 0) is 23.6 Å². The van der Waals surface area contributed by atoms with Gasteiger partial charge in [-0.1, -0.05) is 91.0 Å². The first-order valence-corrected chi connectivity index (χ1v) is 7.82. The average Bonchev–Trinajstić information content (AvgIpc) is 2.61. The van der Waals surface area contributed by atoms with E-state index < -0.39 is 0 Å². The maximum absolute atomic E-state index is 6.09. The summed E-state index contributed by atoms with van der Waals surface area (Å²) in [6.45, 7) is 2.66. The SMILES string of the molecule is Cc1cccc(C=Cc2ccccc2)c1OCc1ccccc1. The Morgan fingerprint density at radius 1 is 0.739 bits per heavy atom. The monoisotopic (exact) mass is 300 g/mol. The van der Waals surface area contributed by atoms with E-state index in [9.17, 15) is 0 Å². The molecular formula is C22H20O. The lowest BCUT2D eigenvalue weighted by atomic mass is 10.1. The molecular weight excluding hydrogens is 280 g/mol. The Balaban J connectivity index is 1.81. The maximum atomic E-state index is 6.09. The summed E-state index contributed by atoms with van der Waals surface area (Å²) in [6.07, 6.45) is 4.23. The Labute approximate surface area is 137 Å². The van der Waals surface area contributed by atoms with Crippen LogP contribution in [0.3, 0.4) is 0 Å². The molecule has 0 bridgehead atoms. The summed E-state index contributed by atoms with van der Waals surface area (Å²) < 4.78 is 6.09. The Morgan fingerprint density at radius 2 is 1.43 bits per heavy atom. The predicted molar refractivity (Wildman–Crippen MR) is 97.3 cm³/mol. The molecule has 23 heavy (non-hydrogen) atoms. The number of rotatable bonds is 5. The molecule has 0 fully saturated rings. The summed E-state index contributed by atoms with van der Waals surface area (Å²) in [5, 5.41) is 0. The van der Waals surface area contributed by atoms with Gasteiger partial charge in [0.2, 0.25) is 0 Å². The van der Waals surface area contributed by atoms with Crippen molar-refractivity contribution in [2.24, 2.45) is 0 Å². The average molecular weight is 300 g/mol. The first kappa shape index (κ1) is 15.1. The number of benzene rings is 3. The molecule has 0 aromatic heterocycles. The van der Waals surface area contributed by atoms with Gasteiger partial charge in [0.1, 0.15) is 12.4 Å². The van der Waals surface area contributed by atoms with Gasteiger partial charge in [0.25, 0.3) is 0 Å². The van der Waals surface area contributed by atoms with Crippen LogP contribution in [0.2, 0.25) is 0 Å². The molecule has 0 saturated carbocycles. The Hall–Kier alpha value is -2.80. The fraction of sp³-hybridized carbons (Fsp3) is 0.0909. The summed E-state index contributed by atoms with van der Waals surface area (Å²) in [7, 11) is 0. The molecule has 0 atom stereocenters. The van der Waals surface area contributed by atoms with E-state index in [0.29, 0.717) is 6.61 Å². The van der Waals surface area contributed by atoms with Gasteiger partial charge in [0.05, 0.1) is 0 Å². The van der Waals surface area contributed by atoms with Crippen LogP contribution in [0, 0.1) is 6.92 Å². The molecule has 0 unspecified atom stereocenters. The van der Waals surface area contributed by atoms with Crippen molar-refractivity contribution in [3.05, 3.63) is 101 Å². The van der Waals surface area contributed by atoms with Gasteiger partial charge >= 0.3 is 0 Å². The van der Waals surface area contributed by atoms with Crippen molar-refractivity contribution in [3.63, 3.8) is 0 Å². The number of hydrogen-bond donors (Lipinski definition) is 0. The fourth-order valence-corrected chi connectivity index (χ4v) is 2.48. The minimum absolute atomic E-state index is 0.581. The summed E-state index contributed by atoms with van der Waals surface area (Å²) in [5.41, 5.74) is 4.61. The van der Waals surface area contributed by atoms with Gasteiger partial charge in [-0.25, -0.2) is 0 Å². The van der Waals surface area contributed by atoms with Crippen molar-refractivity contribution in [3.8, 4) is 5.75 Å². The molecule has 0 heterocycles. The summed E-state index contributed by atoms with van der Waals surface area (Å²) in [4.78, 5) is 0. The molecule has 3 aromatic rings. The van der Waals surface area contributed by atoms with Crippen LogP contribution in [0.4, 0.5) is 0 Å². The van der Waals surface area contributed by atoms with Crippen molar-refractivity contribution in [1.82, 2.24) is 0 Å². The van der Waals surface area contributed by atoms with Gasteiger partial charge in [-0.15, -0.1) is 0 Å². The Kier molecular flexibility index (Phi) is 4.90. The van der Waals surface area contributed by atoms with E-state index >= 15 is 0 Å². The zero-order valence-corrected chi connectivity index (χ0v) is 13.3. The molecule has 0 saturated heterocycles. The Morgan fingerprint density at radius 3 is 2.17 bits per heavy atom. The normalized spacial score (nSPS) is 10.8. The molecule has 3 aromatic carbocycles. The third-order valence-corrected chi connectivity index (χ3v) is 3.72. The largest absolute Gasteiger partial charge is 0.488 e.